The van der Waals surface area contributed by atoms with E-state index in [0.29, 0.717) is 12.5 Å². The van der Waals surface area contributed by atoms with E-state index in [1.54, 1.807) is 6.07 Å². The number of hydrogen-bond acceptors (Lipinski definition) is 4. The second kappa shape index (κ2) is 10.0. The first kappa shape index (κ1) is 20.8. The second-order valence-electron chi connectivity index (χ2n) is 8.52. The molecule has 0 atom stereocenters. The van der Waals surface area contributed by atoms with E-state index in [2.05, 4.69) is 20.1 Å². The zero-order chi connectivity index (χ0) is 20.8. The van der Waals surface area contributed by atoms with Gasteiger partial charge in [-0.1, -0.05) is 18.2 Å². The minimum atomic E-state index is -0.123. The number of carbonyl (C=O) groups excluding carboxylic acids is 1. The molecule has 0 aliphatic carbocycles. The Morgan fingerprint density at radius 2 is 1.70 bits per heavy atom. The molecule has 1 aromatic carbocycles. The lowest BCUT2D eigenvalue weighted by molar-refractivity contribution is -0.125. The van der Waals surface area contributed by atoms with Gasteiger partial charge in [-0.25, -0.2) is 4.39 Å². The van der Waals surface area contributed by atoms with Gasteiger partial charge in [-0.15, -0.1) is 0 Å². The average molecular weight is 411 g/mol. The molecule has 1 amide bonds. The first-order chi connectivity index (χ1) is 14.7. The van der Waals surface area contributed by atoms with Crippen LogP contribution in [-0.2, 0) is 11.3 Å². The van der Waals surface area contributed by atoms with Gasteiger partial charge in [0.1, 0.15) is 5.82 Å². The van der Waals surface area contributed by atoms with Crippen LogP contribution >= 0.6 is 0 Å². The zero-order valence-corrected chi connectivity index (χ0v) is 17.5. The molecule has 3 heterocycles. The third-order valence-corrected chi connectivity index (χ3v) is 6.52. The summed E-state index contributed by atoms with van der Waals surface area (Å²) < 4.78 is 13.8. The Morgan fingerprint density at radius 3 is 2.40 bits per heavy atom. The van der Waals surface area contributed by atoms with Crippen LogP contribution in [-0.4, -0.2) is 48.5 Å². The maximum Gasteiger partial charge on any atom is 0.223 e. The highest BCUT2D eigenvalue weighted by molar-refractivity contribution is 5.79. The SMILES string of the molecule is O=C(NCC1CCN(Cc2ccccc2F)CC1)C1CCN(c2ccncc2)CC1. The number of likely N-dealkylation sites (tertiary alicyclic amines) is 1. The van der Waals surface area contributed by atoms with E-state index in [9.17, 15) is 9.18 Å². The number of carbonyl (C=O) groups is 1. The number of hydrogen-bond donors (Lipinski definition) is 1. The van der Waals surface area contributed by atoms with Crippen molar-refractivity contribution in [3.8, 4) is 0 Å². The molecule has 2 saturated heterocycles. The molecule has 5 nitrogen and oxygen atoms in total. The number of nitrogens with one attached hydrogen (secondary N) is 1. The Morgan fingerprint density at radius 1 is 1.00 bits per heavy atom. The number of benzene rings is 1. The normalized spacial score (nSPS) is 19.0. The van der Waals surface area contributed by atoms with Crippen molar-refractivity contribution in [3.63, 3.8) is 0 Å². The van der Waals surface area contributed by atoms with Gasteiger partial charge in [0.05, 0.1) is 0 Å². The van der Waals surface area contributed by atoms with Gasteiger partial charge in [0, 0.05) is 55.7 Å². The minimum Gasteiger partial charge on any atom is -0.371 e. The fraction of sp³-hybridized carbons (Fsp3) is 0.500. The molecule has 160 valence electrons. The number of nitrogens with zero attached hydrogens (tertiary/aromatic N) is 3. The predicted octanol–water partition coefficient (Wildman–Crippen LogP) is 3.47. The Labute approximate surface area is 178 Å². The van der Waals surface area contributed by atoms with Gasteiger partial charge < -0.3 is 10.2 Å². The number of pyridine rings is 1. The summed E-state index contributed by atoms with van der Waals surface area (Å²) in [4.78, 5) is 21.3. The second-order valence-corrected chi connectivity index (χ2v) is 8.52. The summed E-state index contributed by atoms with van der Waals surface area (Å²) in [5.74, 6) is 0.715. The van der Waals surface area contributed by atoms with Crippen molar-refractivity contribution >= 4 is 11.6 Å². The fourth-order valence-corrected chi connectivity index (χ4v) is 4.56. The monoisotopic (exact) mass is 410 g/mol. The summed E-state index contributed by atoms with van der Waals surface area (Å²) in [7, 11) is 0. The van der Waals surface area contributed by atoms with Crippen LogP contribution in [0.5, 0.6) is 0 Å². The molecule has 0 bridgehead atoms. The third-order valence-electron chi connectivity index (χ3n) is 6.52. The lowest BCUT2D eigenvalue weighted by atomic mass is 9.93. The quantitative estimate of drug-likeness (QED) is 0.792. The van der Waals surface area contributed by atoms with Crippen molar-refractivity contribution in [1.29, 1.82) is 0 Å². The molecule has 2 fully saturated rings. The molecule has 4 rings (SSSR count). The third kappa shape index (κ3) is 5.36. The van der Waals surface area contributed by atoms with Crippen molar-refractivity contribution in [2.24, 2.45) is 11.8 Å². The van der Waals surface area contributed by atoms with Gasteiger partial charge in [-0.3, -0.25) is 14.7 Å². The lowest BCUT2D eigenvalue weighted by Crippen LogP contribution is -2.43. The molecule has 0 unspecified atom stereocenters. The fourth-order valence-electron chi connectivity index (χ4n) is 4.56. The van der Waals surface area contributed by atoms with Crippen molar-refractivity contribution in [2.45, 2.75) is 32.2 Å². The van der Waals surface area contributed by atoms with Gasteiger partial charge in [0.25, 0.3) is 0 Å². The van der Waals surface area contributed by atoms with Gasteiger partial charge in [0.2, 0.25) is 5.91 Å². The van der Waals surface area contributed by atoms with Gasteiger partial charge in [-0.05, 0) is 62.9 Å². The van der Waals surface area contributed by atoms with E-state index in [1.165, 1.54) is 11.8 Å². The molecule has 1 N–H and O–H groups in total. The Bertz CT molecular complexity index is 815. The van der Waals surface area contributed by atoms with E-state index >= 15 is 0 Å². The predicted molar refractivity (Wildman–Crippen MR) is 117 cm³/mol. The van der Waals surface area contributed by atoms with Gasteiger partial charge >= 0.3 is 0 Å². The molecule has 0 spiro atoms. The maximum atomic E-state index is 13.8. The van der Waals surface area contributed by atoms with E-state index in [4.69, 9.17) is 0 Å². The number of halogens is 1. The molecular weight excluding hydrogens is 379 g/mol. The molecule has 2 aliphatic rings. The van der Waals surface area contributed by atoms with Crippen LogP contribution in [0.4, 0.5) is 10.1 Å². The van der Waals surface area contributed by atoms with Crippen LogP contribution < -0.4 is 10.2 Å². The number of aromatic nitrogens is 1. The largest absolute Gasteiger partial charge is 0.371 e. The average Bonchev–Trinajstić information content (AvgIpc) is 2.80. The minimum absolute atomic E-state index is 0.115. The molecule has 0 saturated carbocycles. The number of amides is 1. The molecule has 6 heteroatoms. The van der Waals surface area contributed by atoms with Crippen molar-refractivity contribution in [2.75, 3.05) is 37.6 Å². The Kier molecular flexibility index (Phi) is 6.95. The van der Waals surface area contributed by atoms with E-state index in [0.717, 1.165) is 64.0 Å². The highest BCUT2D eigenvalue weighted by atomic mass is 19.1. The standard InChI is InChI=1S/C24H31FN4O/c25-23-4-2-1-3-21(23)18-28-13-7-19(8-14-28)17-27-24(30)20-9-15-29(16-10-20)22-5-11-26-12-6-22/h1-6,11-12,19-20H,7-10,13-18H2,(H,27,30). The van der Waals surface area contributed by atoms with Crippen LogP contribution in [0.3, 0.4) is 0 Å². The van der Waals surface area contributed by atoms with Crippen molar-refractivity contribution in [3.05, 3.63) is 60.2 Å². The molecule has 2 aromatic rings. The number of anilines is 1. The molecule has 0 radical (unpaired) electrons. The molecule has 2 aliphatic heterocycles. The highest BCUT2D eigenvalue weighted by Gasteiger charge is 2.26. The zero-order valence-electron chi connectivity index (χ0n) is 17.5. The first-order valence-corrected chi connectivity index (χ1v) is 11.1. The summed E-state index contributed by atoms with van der Waals surface area (Å²) in [6.07, 6.45) is 7.53. The van der Waals surface area contributed by atoms with Crippen LogP contribution in [0, 0.1) is 17.7 Å². The van der Waals surface area contributed by atoms with Crippen molar-refractivity contribution in [1.82, 2.24) is 15.2 Å². The lowest BCUT2D eigenvalue weighted by Gasteiger charge is -2.34. The summed E-state index contributed by atoms with van der Waals surface area (Å²) in [6, 6.07) is 11.1. The smallest absolute Gasteiger partial charge is 0.223 e. The van der Waals surface area contributed by atoms with Crippen LogP contribution in [0.15, 0.2) is 48.8 Å². The highest BCUT2D eigenvalue weighted by Crippen LogP contribution is 2.24. The van der Waals surface area contributed by atoms with Gasteiger partial charge in [0.15, 0.2) is 0 Å². The summed E-state index contributed by atoms with van der Waals surface area (Å²) in [5.41, 5.74) is 1.95. The van der Waals surface area contributed by atoms with Crippen molar-refractivity contribution < 1.29 is 9.18 Å². The number of piperidine rings is 2. The molecule has 30 heavy (non-hydrogen) atoms. The molecule has 1 aromatic heterocycles. The summed E-state index contributed by atoms with van der Waals surface area (Å²) in [6.45, 7) is 5.17. The Hall–Kier alpha value is -2.47. The summed E-state index contributed by atoms with van der Waals surface area (Å²) >= 11 is 0. The first-order valence-electron chi connectivity index (χ1n) is 11.1. The van der Waals surface area contributed by atoms with E-state index < -0.39 is 0 Å². The van der Waals surface area contributed by atoms with Gasteiger partial charge in [-0.2, -0.15) is 0 Å². The number of rotatable bonds is 6. The Balaban J connectivity index is 1.15. The molecular formula is C24H31FN4O. The topological polar surface area (TPSA) is 48.5 Å². The van der Waals surface area contributed by atoms with E-state index in [-0.39, 0.29) is 17.6 Å². The van der Waals surface area contributed by atoms with Crippen LogP contribution in [0.1, 0.15) is 31.2 Å². The van der Waals surface area contributed by atoms with E-state index in [1.807, 2.05) is 36.7 Å². The van der Waals surface area contributed by atoms with Crippen LogP contribution in [0.25, 0.3) is 0 Å². The summed E-state index contributed by atoms with van der Waals surface area (Å²) in [5, 5.41) is 3.20. The van der Waals surface area contributed by atoms with Crippen LogP contribution in [0.2, 0.25) is 0 Å². The maximum absolute atomic E-state index is 13.8.